The van der Waals surface area contributed by atoms with Crippen LogP contribution in [0.1, 0.15) is 38.4 Å². The number of carbonyl (C=O) groups is 3. The van der Waals surface area contributed by atoms with Crippen LogP contribution in [0.4, 0.5) is 4.79 Å². The molecule has 1 saturated heterocycles. The fourth-order valence-electron chi connectivity index (χ4n) is 4.46. The number of imide groups is 1. The Morgan fingerprint density at radius 2 is 2.00 bits per heavy atom. The van der Waals surface area contributed by atoms with E-state index in [2.05, 4.69) is 4.98 Å². The number of carboxylic acids is 1. The molecule has 1 fully saturated rings. The lowest BCUT2D eigenvalue weighted by atomic mass is 9.87. The minimum absolute atomic E-state index is 0.0424. The second-order valence-electron chi connectivity index (χ2n) is 7.94. The summed E-state index contributed by atoms with van der Waals surface area (Å²) in [6, 6.07) is 6.14. The van der Waals surface area contributed by atoms with Crippen molar-refractivity contribution in [2.24, 2.45) is 5.92 Å². The van der Waals surface area contributed by atoms with Crippen LogP contribution in [0.5, 0.6) is 0 Å². The molecule has 2 aliphatic rings. The number of nitrogens with zero attached hydrogens (tertiary/aromatic N) is 2. The number of aromatic amines is 1. The topological polar surface area (TPSA) is 93.7 Å². The van der Waals surface area contributed by atoms with Crippen LogP contribution >= 0.6 is 0 Å². The normalized spacial score (nSPS) is 23.1. The Morgan fingerprint density at radius 3 is 2.67 bits per heavy atom. The molecule has 0 aliphatic carbocycles. The number of aromatic nitrogens is 1. The summed E-state index contributed by atoms with van der Waals surface area (Å²) in [4.78, 5) is 44.1. The maximum Gasteiger partial charge on any atom is 0.328 e. The molecule has 7 heteroatoms. The summed E-state index contributed by atoms with van der Waals surface area (Å²) >= 11 is 0. The summed E-state index contributed by atoms with van der Waals surface area (Å²) in [5.74, 6) is -1.57. The predicted octanol–water partition coefficient (Wildman–Crippen LogP) is 2.70. The Morgan fingerprint density at radius 1 is 1.30 bits per heavy atom. The van der Waals surface area contributed by atoms with Crippen LogP contribution in [0.2, 0.25) is 0 Å². The smallest absolute Gasteiger partial charge is 0.328 e. The Hall–Kier alpha value is -2.83. The third-order valence-corrected chi connectivity index (χ3v) is 5.79. The van der Waals surface area contributed by atoms with Gasteiger partial charge in [-0.25, -0.2) is 14.5 Å². The minimum Gasteiger partial charge on any atom is -0.480 e. The zero-order chi connectivity index (χ0) is 19.5. The van der Waals surface area contributed by atoms with Crippen molar-refractivity contribution in [2.75, 3.05) is 6.54 Å². The zero-order valence-corrected chi connectivity index (χ0v) is 15.7. The first-order valence-electron chi connectivity index (χ1n) is 9.25. The van der Waals surface area contributed by atoms with Crippen molar-refractivity contribution < 1.29 is 19.5 Å². The van der Waals surface area contributed by atoms with Crippen molar-refractivity contribution in [3.05, 3.63) is 35.5 Å². The average Bonchev–Trinajstić information content (AvgIpc) is 3.08. The molecule has 0 radical (unpaired) electrons. The molecular formula is C20H23N3O4. The quantitative estimate of drug-likeness (QED) is 0.810. The second kappa shape index (κ2) is 5.84. The van der Waals surface area contributed by atoms with Crippen molar-refractivity contribution in [3.63, 3.8) is 0 Å². The maximum absolute atomic E-state index is 13.4. The Kier molecular flexibility index (Phi) is 3.80. The first kappa shape index (κ1) is 17.6. The summed E-state index contributed by atoms with van der Waals surface area (Å²) in [6.07, 6.45) is 0.861. The van der Waals surface area contributed by atoms with E-state index >= 15 is 0 Å². The molecule has 2 aromatic rings. The van der Waals surface area contributed by atoms with E-state index in [4.69, 9.17) is 0 Å². The Bertz CT molecular complexity index is 963. The number of fused-ring (bicyclic) bond motifs is 5. The first-order valence-corrected chi connectivity index (χ1v) is 9.25. The fraction of sp³-hybridized carbons (Fsp3) is 0.450. The molecule has 3 heterocycles. The van der Waals surface area contributed by atoms with Crippen LogP contribution in [0.25, 0.3) is 10.9 Å². The lowest BCUT2D eigenvalue weighted by molar-refractivity contribution is -0.148. The number of nitrogens with one attached hydrogen (secondary N) is 1. The molecule has 3 amide bonds. The van der Waals surface area contributed by atoms with Gasteiger partial charge >= 0.3 is 12.0 Å². The Balaban J connectivity index is 1.84. The third kappa shape index (κ3) is 2.30. The number of benzene rings is 1. The number of urea groups is 1. The summed E-state index contributed by atoms with van der Waals surface area (Å²) < 4.78 is 0. The highest BCUT2D eigenvalue weighted by molar-refractivity contribution is 6.10. The van der Waals surface area contributed by atoms with Gasteiger partial charge < -0.3 is 15.0 Å². The summed E-state index contributed by atoms with van der Waals surface area (Å²) in [6.45, 7) is 5.87. The van der Waals surface area contributed by atoms with E-state index in [-0.39, 0.29) is 12.3 Å². The van der Waals surface area contributed by atoms with Crippen LogP contribution in [-0.4, -0.2) is 50.4 Å². The monoisotopic (exact) mass is 369 g/mol. The lowest BCUT2D eigenvalue weighted by Crippen LogP contribution is -2.49. The summed E-state index contributed by atoms with van der Waals surface area (Å²) in [7, 11) is 0. The zero-order valence-electron chi connectivity index (χ0n) is 15.7. The summed E-state index contributed by atoms with van der Waals surface area (Å²) in [5.41, 5.74) is 1.45. The number of para-hydroxylation sites is 1. The van der Waals surface area contributed by atoms with E-state index in [1.54, 1.807) is 6.92 Å². The molecule has 2 aliphatic heterocycles. The number of aliphatic carboxylic acids is 1. The van der Waals surface area contributed by atoms with E-state index in [1.807, 2.05) is 38.1 Å². The molecule has 142 valence electrons. The van der Waals surface area contributed by atoms with Crippen LogP contribution in [0.3, 0.4) is 0 Å². The second-order valence-corrected chi connectivity index (χ2v) is 7.94. The van der Waals surface area contributed by atoms with Gasteiger partial charge in [0.15, 0.2) is 5.54 Å². The number of hydrogen-bond donors (Lipinski definition) is 2. The van der Waals surface area contributed by atoms with Gasteiger partial charge in [0.1, 0.15) is 6.04 Å². The lowest BCUT2D eigenvalue weighted by Gasteiger charge is -2.36. The van der Waals surface area contributed by atoms with E-state index in [0.717, 1.165) is 21.4 Å². The molecule has 0 bridgehead atoms. The maximum atomic E-state index is 13.4. The van der Waals surface area contributed by atoms with Gasteiger partial charge in [-0.1, -0.05) is 32.0 Å². The van der Waals surface area contributed by atoms with Gasteiger partial charge in [-0.3, -0.25) is 4.79 Å². The number of carbonyl (C=O) groups excluding carboxylic acids is 2. The largest absolute Gasteiger partial charge is 0.480 e. The van der Waals surface area contributed by atoms with Gasteiger partial charge in [0, 0.05) is 17.4 Å². The Labute approximate surface area is 156 Å². The average molecular weight is 369 g/mol. The number of amides is 3. The van der Waals surface area contributed by atoms with Gasteiger partial charge in [-0.2, -0.15) is 0 Å². The van der Waals surface area contributed by atoms with Gasteiger partial charge in [-0.05, 0) is 37.3 Å². The van der Waals surface area contributed by atoms with Crippen LogP contribution < -0.4 is 0 Å². The molecule has 27 heavy (non-hydrogen) atoms. The van der Waals surface area contributed by atoms with E-state index in [0.29, 0.717) is 18.7 Å². The van der Waals surface area contributed by atoms with E-state index < -0.39 is 29.5 Å². The van der Waals surface area contributed by atoms with Gasteiger partial charge in [0.2, 0.25) is 0 Å². The van der Waals surface area contributed by atoms with E-state index in [9.17, 15) is 19.5 Å². The van der Waals surface area contributed by atoms with Crippen LogP contribution in [-0.2, 0) is 21.5 Å². The van der Waals surface area contributed by atoms with Crippen molar-refractivity contribution >= 4 is 28.8 Å². The standard InChI is InChI=1S/C20H23N3O4/c1-11(2)10-15(17(24)25)23-18(26)20(3)16-13(8-9-22(20)19(23)27)12-6-4-5-7-14(12)21-16/h4-7,11,15,21H,8-10H2,1-3H3,(H,24,25)/t15-,20?/m0/s1. The summed E-state index contributed by atoms with van der Waals surface area (Å²) in [5, 5.41) is 10.7. The number of carboxylic acid groups (broad SMARTS) is 1. The molecule has 2 N–H and O–H groups in total. The third-order valence-electron chi connectivity index (χ3n) is 5.79. The van der Waals surface area contributed by atoms with Crippen molar-refractivity contribution in [3.8, 4) is 0 Å². The van der Waals surface area contributed by atoms with Crippen LogP contribution in [0, 0.1) is 5.92 Å². The van der Waals surface area contributed by atoms with Crippen molar-refractivity contribution in [1.82, 2.24) is 14.8 Å². The highest BCUT2D eigenvalue weighted by Gasteiger charge is 2.60. The first-order chi connectivity index (χ1) is 12.8. The molecule has 1 aromatic heterocycles. The SMILES string of the molecule is CC(C)C[C@@H](C(=O)O)N1C(=O)N2CCc3c([nH]c4ccccc34)C2(C)C1=O. The predicted molar refractivity (Wildman–Crippen MR) is 99.2 cm³/mol. The molecule has 7 nitrogen and oxygen atoms in total. The highest BCUT2D eigenvalue weighted by Crippen LogP contribution is 2.44. The number of H-pyrrole nitrogens is 1. The highest BCUT2D eigenvalue weighted by atomic mass is 16.4. The van der Waals surface area contributed by atoms with Gasteiger partial charge in [0.25, 0.3) is 5.91 Å². The number of hydrogen-bond acceptors (Lipinski definition) is 3. The number of rotatable bonds is 4. The van der Waals surface area contributed by atoms with Crippen molar-refractivity contribution in [1.29, 1.82) is 0 Å². The minimum atomic E-state index is -1.20. The van der Waals surface area contributed by atoms with Crippen LogP contribution in [0.15, 0.2) is 24.3 Å². The van der Waals surface area contributed by atoms with Gasteiger partial charge in [0.05, 0.1) is 5.69 Å². The molecular weight excluding hydrogens is 346 g/mol. The van der Waals surface area contributed by atoms with Gasteiger partial charge in [-0.15, -0.1) is 0 Å². The fourth-order valence-corrected chi connectivity index (χ4v) is 4.46. The van der Waals surface area contributed by atoms with E-state index in [1.165, 1.54) is 4.90 Å². The molecule has 1 aromatic carbocycles. The van der Waals surface area contributed by atoms with Crippen molar-refractivity contribution in [2.45, 2.75) is 45.2 Å². The molecule has 4 rings (SSSR count). The molecule has 2 atom stereocenters. The molecule has 1 unspecified atom stereocenters. The molecule has 0 saturated carbocycles. The molecule has 0 spiro atoms.